The number of benzene rings is 1. The molecule has 112 valence electrons. The molecule has 0 radical (unpaired) electrons. The molecular weight excluding hydrogens is 305 g/mol. The molecule has 1 aromatic rings. The van der Waals surface area contributed by atoms with Crippen LogP contribution >= 0.6 is 11.6 Å². The number of rotatable bonds is 4. The number of sulfonamides is 1. The van der Waals surface area contributed by atoms with Crippen molar-refractivity contribution in [2.75, 3.05) is 6.61 Å². The molecule has 2 rings (SSSR count). The summed E-state index contributed by atoms with van der Waals surface area (Å²) in [5.41, 5.74) is -0.493. The first-order valence-electron chi connectivity index (χ1n) is 6.37. The van der Waals surface area contributed by atoms with Gasteiger partial charge in [-0.25, -0.2) is 17.5 Å². The van der Waals surface area contributed by atoms with Gasteiger partial charge in [-0.2, -0.15) is 0 Å². The van der Waals surface area contributed by atoms with Gasteiger partial charge in [0, 0.05) is 18.1 Å². The third-order valence-corrected chi connectivity index (χ3v) is 5.88. The van der Waals surface area contributed by atoms with E-state index in [9.17, 15) is 17.9 Å². The zero-order chi connectivity index (χ0) is 15.0. The Balaban J connectivity index is 2.30. The molecule has 1 saturated carbocycles. The van der Waals surface area contributed by atoms with Crippen LogP contribution in [0.5, 0.6) is 0 Å². The van der Waals surface area contributed by atoms with Gasteiger partial charge >= 0.3 is 0 Å². The molecule has 0 aliphatic heterocycles. The van der Waals surface area contributed by atoms with Gasteiger partial charge in [-0.05, 0) is 31.0 Å². The van der Waals surface area contributed by atoms with Crippen LogP contribution in [0.15, 0.2) is 23.1 Å². The van der Waals surface area contributed by atoms with E-state index < -0.39 is 21.3 Å². The van der Waals surface area contributed by atoms with Gasteiger partial charge in [-0.1, -0.05) is 24.9 Å². The van der Waals surface area contributed by atoms with Crippen LogP contribution in [0.4, 0.5) is 4.39 Å². The average Bonchev–Trinajstić information content (AvgIpc) is 2.74. The molecule has 0 spiro atoms. The SMILES string of the molecule is CC1(CO)CCCC1NS(=O)(=O)c1cc(F)ccc1Cl. The van der Waals surface area contributed by atoms with Crippen molar-refractivity contribution < 1.29 is 17.9 Å². The summed E-state index contributed by atoms with van der Waals surface area (Å²) in [6, 6.07) is 2.84. The number of aliphatic hydroxyl groups is 1. The fourth-order valence-electron chi connectivity index (χ4n) is 2.56. The van der Waals surface area contributed by atoms with E-state index in [0.29, 0.717) is 6.42 Å². The van der Waals surface area contributed by atoms with Gasteiger partial charge in [-0.3, -0.25) is 0 Å². The number of nitrogens with one attached hydrogen (secondary N) is 1. The van der Waals surface area contributed by atoms with Crippen LogP contribution in [0.2, 0.25) is 5.02 Å². The van der Waals surface area contributed by atoms with E-state index in [2.05, 4.69) is 4.72 Å². The lowest BCUT2D eigenvalue weighted by Gasteiger charge is -2.29. The van der Waals surface area contributed by atoms with Gasteiger partial charge in [0.25, 0.3) is 0 Å². The molecule has 4 nitrogen and oxygen atoms in total. The van der Waals surface area contributed by atoms with Crippen molar-refractivity contribution in [2.45, 2.75) is 37.1 Å². The summed E-state index contributed by atoms with van der Waals surface area (Å²) in [7, 11) is -3.91. The highest BCUT2D eigenvalue weighted by atomic mass is 35.5. The molecule has 7 heteroatoms. The number of aliphatic hydroxyl groups excluding tert-OH is 1. The summed E-state index contributed by atoms with van der Waals surface area (Å²) < 4.78 is 40.4. The molecule has 20 heavy (non-hydrogen) atoms. The first-order valence-corrected chi connectivity index (χ1v) is 8.23. The Hall–Kier alpha value is -0.690. The Kier molecular flexibility index (Phi) is 4.39. The second-order valence-electron chi connectivity index (χ2n) is 5.45. The zero-order valence-corrected chi connectivity index (χ0v) is 12.6. The minimum atomic E-state index is -3.91. The maximum atomic E-state index is 13.2. The second kappa shape index (κ2) is 5.60. The van der Waals surface area contributed by atoms with Gasteiger partial charge in [0.05, 0.1) is 5.02 Å². The highest BCUT2D eigenvalue weighted by Gasteiger charge is 2.40. The topological polar surface area (TPSA) is 66.4 Å². The first-order chi connectivity index (χ1) is 9.28. The molecule has 1 aromatic carbocycles. The molecule has 1 aliphatic carbocycles. The number of halogens is 2. The number of hydrogen-bond donors (Lipinski definition) is 2. The zero-order valence-electron chi connectivity index (χ0n) is 11.1. The molecule has 0 bridgehead atoms. The minimum Gasteiger partial charge on any atom is -0.396 e. The van der Waals surface area contributed by atoms with E-state index in [1.807, 2.05) is 6.92 Å². The summed E-state index contributed by atoms with van der Waals surface area (Å²) in [6.07, 6.45) is 2.22. The van der Waals surface area contributed by atoms with Crippen molar-refractivity contribution in [3.05, 3.63) is 29.0 Å². The van der Waals surface area contributed by atoms with Gasteiger partial charge in [0.15, 0.2) is 0 Å². The molecule has 2 N–H and O–H groups in total. The van der Waals surface area contributed by atoms with Crippen molar-refractivity contribution >= 4 is 21.6 Å². The summed E-state index contributed by atoms with van der Waals surface area (Å²) in [6.45, 7) is 1.73. The van der Waals surface area contributed by atoms with Crippen LogP contribution in [0.25, 0.3) is 0 Å². The highest BCUT2D eigenvalue weighted by Crippen LogP contribution is 2.38. The fraction of sp³-hybridized carbons (Fsp3) is 0.538. The van der Waals surface area contributed by atoms with Crippen molar-refractivity contribution in [3.8, 4) is 0 Å². The largest absolute Gasteiger partial charge is 0.396 e. The third kappa shape index (κ3) is 2.98. The van der Waals surface area contributed by atoms with Crippen molar-refractivity contribution in [1.82, 2.24) is 4.72 Å². The van der Waals surface area contributed by atoms with Crippen LogP contribution < -0.4 is 4.72 Å². The van der Waals surface area contributed by atoms with Crippen LogP contribution in [0, 0.1) is 11.2 Å². The highest BCUT2D eigenvalue weighted by molar-refractivity contribution is 7.89. The first kappa shape index (κ1) is 15.7. The van der Waals surface area contributed by atoms with E-state index in [1.54, 1.807) is 0 Å². The molecule has 0 heterocycles. The summed E-state index contributed by atoms with van der Waals surface area (Å²) in [4.78, 5) is -0.272. The molecule has 1 fully saturated rings. The lowest BCUT2D eigenvalue weighted by atomic mass is 9.86. The van der Waals surface area contributed by atoms with Crippen LogP contribution in [-0.4, -0.2) is 26.2 Å². The van der Waals surface area contributed by atoms with Crippen molar-refractivity contribution in [3.63, 3.8) is 0 Å². The lowest BCUT2D eigenvalue weighted by Crippen LogP contribution is -2.44. The summed E-state index contributed by atoms with van der Waals surface area (Å²) >= 11 is 5.84. The second-order valence-corrected chi connectivity index (χ2v) is 7.54. The Labute approximate surface area is 123 Å². The predicted octanol–water partition coefficient (Wildman–Crippen LogP) is 2.31. The summed E-state index contributed by atoms with van der Waals surface area (Å²) in [5, 5.41) is 9.42. The normalized spacial score (nSPS) is 26.9. The summed E-state index contributed by atoms with van der Waals surface area (Å²) in [5.74, 6) is -0.661. The lowest BCUT2D eigenvalue weighted by molar-refractivity contribution is 0.127. The molecule has 0 amide bonds. The molecule has 1 aliphatic rings. The Bertz CT molecular complexity index is 608. The van der Waals surface area contributed by atoms with Gasteiger partial charge < -0.3 is 5.11 Å². The number of hydrogen-bond acceptors (Lipinski definition) is 3. The molecule has 0 saturated heterocycles. The van der Waals surface area contributed by atoms with E-state index >= 15 is 0 Å². The molecule has 0 aromatic heterocycles. The van der Waals surface area contributed by atoms with E-state index in [0.717, 1.165) is 25.0 Å². The monoisotopic (exact) mass is 321 g/mol. The van der Waals surface area contributed by atoms with Crippen LogP contribution in [0.1, 0.15) is 26.2 Å². The average molecular weight is 322 g/mol. The Morgan fingerprint density at radius 3 is 2.90 bits per heavy atom. The van der Waals surface area contributed by atoms with E-state index in [-0.39, 0.29) is 22.6 Å². The van der Waals surface area contributed by atoms with Crippen LogP contribution in [-0.2, 0) is 10.0 Å². The molecule has 2 atom stereocenters. The molecular formula is C13H17ClFNO3S. The van der Waals surface area contributed by atoms with Crippen LogP contribution in [0.3, 0.4) is 0 Å². The quantitative estimate of drug-likeness (QED) is 0.894. The fourth-order valence-corrected chi connectivity index (χ4v) is 4.48. The van der Waals surface area contributed by atoms with Gasteiger partial charge in [0.1, 0.15) is 10.7 Å². The van der Waals surface area contributed by atoms with Gasteiger partial charge in [-0.15, -0.1) is 0 Å². The van der Waals surface area contributed by atoms with Gasteiger partial charge in [0.2, 0.25) is 10.0 Å². The smallest absolute Gasteiger partial charge is 0.242 e. The van der Waals surface area contributed by atoms with E-state index in [1.165, 1.54) is 6.07 Å². The maximum Gasteiger partial charge on any atom is 0.242 e. The molecule has 2 unspecified atom stereocenters. The van der Waals surface area contributed by atoms with Crippen molar-refractivity contribution in [1.29, 1.82) is 0 Å². The maximum absolute atomic E-state index is 13.2. The predicted molar refractivity (Wildman–Crippen MR) is 74.6 cm³/mol. The standard InChI is InChI=1S/C13H17ClFNO3S/c1-13(8-17)6-2-3-12(13)16-20(18,19)11-7-9(15)4-5-10(11)14/h4-5,7,12,16-17H,2-3,6,8H2,1H3. The van der Waals surface area contributed by atoms with Crippen molar-refractivity contribution in [2.24, 2.45) is 5.41 Å². The third-order valence-electron chi connectivity index (χ3n) is 3.92. The minimum absolute atomic E-state index is 0.0254. The Morgan fingerprint density at radius 1 is 1.55 bits per heavy atom. The Morgan fingerprint density at radius 2 is 2.25 bits per heavy atom. The van der Waals surface area contributed by atoms with E-state index in [4.69, 9.17) is 11.6 Å².